The lowest BCUT2D eigenvalue weighted by molar-refractivity contribution is -0.118. The number of nitrogens with one attached hydrogen (secondary N) is 1. The van der Waals surface area contributed by atoms with E-state index in [0.29, 0.717) is 5.75 Å². The van der Waals surface area contributed by atoms with Gasteiger partial charge in [0.05, 0.1) is 0 Å². The number of nitrogens with zero attached hydrogens (tertiary/aromatic N) is 1. The van der Waals surface area contributed by atoms with Crippen molar-refractivity contribution in [1.29, 1.82) is 0 Å². The first-order valence-electron chi connectivity index (χ1n) is 7.82. The molecule has 0 spiro atoms. The average Bonchev–Trinajstić information content (AvgIpc) is 2.53. The summed E-state index contributed by atoms with van der Waals surface area (Å²) in [6.45, 7) is 2.95. The molecule has 0 fully saturated rings. The number of ether oxygens (including phenoxy) is 1. The van der Waals surface area contributed by atoms with Crippen LogP contribution in [0.25, 0.3) is 0 Å². The Kier molecular flexibility index (Phi) is 6.18. The number of hydrogen-bond acceptors (Lipinski definition) is 3. The van der Waals surface area contributed by atoms with Gasteiger partial charge in [-0.1, -0.05) is 31.2 Å². The molecule has 1 N–H and O–H groups in total. The minimum absolute atomic E-state index is 0.00335. The smallest absolute Gasteiger partial charge is 0.262 e. The van der Waals surface area contributed by atoms with Crippen LogP contribution in [0, 0.1) is 0 Å². The standard InChI is InChI=1S/C19H24N2O2/c1-4-15-8-10-18(11-9-15)23-14-19(22)20-17-7-5-6-16(12-17)13-21(2)3/h5-12H,4,13-14H2,1-3H3,(H,20,22). The van der Waals surface area contributed by atoms with E-state index < -0.39 is 0 Å². The predicted molar refractivity (Wildman–Crippen MR) is 93.8 cm³/mol. The van der Waals surface area contributed by atoms with Crippen LogP contribution in [0.1, 0.15) is 18.1 Å². The summed E-state index contributed by atoms with van der Waals surface area (Å²) in [5, 5.41) is 2.87. The topological polar surface area (TPSA) is 41.6 Å². The van der Waals surface area contributed by atoms with E-state index in [1.165, 1.54) is 5.56 Å². The van der Waals surface area contributed by atoms with Crippen LogP contribution in [-0.4, -0.2) is 31.5 Å². The van der Waals surface area contributed by atoms with Gasteiger partial charge in [-0.05, 0) is 55.9 Å². The first kappa shape index (κ1) is 17.0. The number of hydrogen-bond donors (Lipinski definition) is 1. The third-order valence-electron chi connectivity index (χ3n) is 3.41. The van der Waals surface area contributed by atoms with Crippen LogP contribution in [0.2, 0.25) is 0 Å². The summed E-state index contributed by atoms with van der Waals surface area (Å²) in [6.07, 6.45) is 0.990. The fraction of sp³-hybridized carbons (Fsp3) is 0.316. The molecule has 4 nitrogen and oxygen atoms in total. The number of carbonyl (C=O) groups excluding carboxylic acids is 1. The highest BCUT2D eigenvalue weighted by molar-refractivity contribution is 5.91. The second-order valence-corrected chi connectivity index (χ2v) is 5.77. The zero-order valence-corrected chi connectivity index (χ0v) is 14.0. The molecule has 0 bridgehead atoms. The van der Waals surface area contributed by atoms with Gasteiger partial charge in [0.25, 0.3) is 5.91 Å². The van der Waals surface area contributed by atoms with Crippen LogP contribution in [0.3, 0.4) is 0 Å². The zero-order chi connectivity index (χ0) is 16.7. The van der Waals surface area contributed by atoms with Crippen LogP contribution in [0.15, 0.2) is 48.5 Å². The molecular formula is C19H24N2O2. The molecule has 0 saturated heterocycles. The Morgan fingerprint density at radius 3 is 2.48 bits per heavy atom. The van der Waals surface area contributed by atoms with Gasteiger partial charge < -0.3 is 15.0 Å². The molecule has 0 aromatic heterocycles. The number of benzene rings is 2. The highest BCUT2D eigenvalue weighted by Gasteiger charge is 2.05. The predicted octanol–water partition coefficient (Wildman–Crippen LogP) is 3.33. The summed E-state index contributed by atoms with van der Waals surface area (Å²) in [7, 11) is 4.03. The number of rotatable bonds is 7. The van der Waals surface area contributed by atoms with Crippen LogP contribution >= 0.6 is 0 Å². The van der Waals surface area contributed by atoms with Crippen molar-refractivity contribution in [2.45, 2.75) is 19.9 Å². The van der Waals surface area contributed by atoms with Crippen LogP contribution in [-0.2, 0) is 17.8 Å². The van der Waals surface area contributed by atoms with Crippen LogP contribution in [0.4, 0.5) is 5.69 Å². The van der Waals surface area contributed by atoms with Crippen molar-refractivity contribution in [3.05, 3.63) is 59.7 Å². The molecule has 0 heterocycles. The van der Waals surface area contributed by atoms with Gasteiger partial charge in [-0.2, -0.15) is 0 Å². The summed E-state index contributed by atoms with van der Waals surface area (Å²) >= 11 is 0. The molecule has 4 heteroatoms. The molecule has 0 aliphatic heterocycles. The van der Waals surface area contributed by atoms with Crippen LogP contribution < -0.4 is 10.1 Å². The maximum absolute atomic E-state index is 12.0. The molecule has 0 aliphatic rings. The average molecular weight is 312 g/mol. The summed E-state index contributed by atoms with van der Waals surface area (Å²) in [4.78, 5) is 14.1. The molecule has 0 saturated carbocycles. The first-order chi connectivity index (χ1) is 11.1. The molecule has 1 amide bonds. The summed E-state index contributed by atoms with van der Waals surface area (Å²) in [5.41, 5.74) is 3.20. The minimum atomic E-state index is -0.161. The van der Waals surface area contributed by atoms with E-state index in [-0.39, 0.29) is 12.5 Å². The molecule has 0 aliphatic carbocycles. The van der Waals surface area contributed by atoms with Crippen molar-refractivity contribution in [1.82, 2.24) is 4.90 Å². The Morgan fingerprint density at radius 2 is 1.83 bits per heavy atom. The van der Waals surface area contributed by atoms with E-state index in [9.17, 15) is 4.79 Å². The second kappa shape index (κ2) is 8.34. The van der Waals surface area contributed by atoms with Crippen molar-refractivity contribution in [3.63, 3.8) is 0 Å². The van der Waals surface area contributed by atoms with Gasteiger partial charge in [-0.25, -0.2) is 0 Å². The van der Waals surface area contributed by atoms with Crippen molar-refractivity contribution in [2.75, 3.05) is 26.0 Å². The molecule has 23 heavy (non-hydrogen) atoms. The van der Waals surface area contributed by atoms with Crippen LogP contribution in [0.5, 0.6) is 5.75 Å². The number of aryl methyl sites for hydroxylation is 1. The Hall–Kier alpha value is -2.33. The highest BCUT2D eigenvalue weighted by Crippen LogP contribution is 2.14. The lowest BCUT2D eigenvalue weighted by atomic mass is 10.2. The first-order valence-corrected chi connectivity index (χ1v) is 7.82. The molecule has 122 valence electrons. The van der Waals surface area contributed by atoms with E-state index in [4.69, 9.17) is 4.74 Å². The SMILES string of the molecule is CCc1ccc(OCC(=O)Nc2cccc(CN(C)C)c2)cc1. The largest absolute Gasteiger partial charge is 0.484 e. The Labute approximate surface area is 138 Å². The van der Waals surface area contributed by atoms with Gasteiger partial charge in [0.1, 0.15) is 5.75 Å². The monoisotopic (exact) mass is 312 g/mol. The van der Waals surface area contributed by atoms with E-state index in [1.807, 2.05) is 62.6 Å². The van der Waals surface area contributed by atoms with Gasteiger partial charge in [0.15, 0.2) is 6.61 Å². The summed E-state index contributed by atoms with van der Waals surface area (Å²) in [6, 6.07) is 15.7. The third kappa shape index (κ3) is 5.75. The van der Waals surface area contributed by atoms with Gasteiger partial charge in [0.2, 0.25) is 0 Å². The fourth-order valence-corrected chi connectivity index (χ4v) is 2.28. The van der Waals surface area contributed by atoms with Crippen molar-refractivity contribution < 1.29 is 9.53 Å². The minimum Gasteiger partial charge on any atom is -0.484 e. The van der Waals surface area contributed by atoms with Crippen molar-refractivity contribution >= 4 is 11.6 Å². The quantitative estimate of drug-likeness (QED) is 0.852. The Bertz CT molecular complexity index is 636. The molecule has 2 aromatic rings. The molecule has 0 unspecified atom stereocenters. The van der Waals surface area contributed by atoms with E-state index in [2.05, 4.69) is 17.1 Å². The summed E-state index contributed by atoms with van der Waals surface area (Å²) in [5.74, 6) is 0.547. The fourth-order valence-electron chi connectivity index (χ4n) is 2.28. The lowest BCUT2D eigenvalue weighted by Gasteiger charge is -2.12. The summed E-state index contributed by atoms with van der Waals surface area (Å²) < 4.78 is 5.51. The molecule has 2 rings (SSSR count). The second-order valence-electron chi connectivity index (χ2n) is 5.77. The number of anilines is 1. The van der Waals surface area contributed by atoms with Gasteiger partial charge in [-0.3, -0.25) is 4.79 Å². The molecule has 0 radical (unpaired) electrons. The molecule has 2 aromatic carbocycles. The Balaban J connectivity index is 1.86. The normalized spacial score (nSPS) is 10.6. The zero-order valence-electron chi connectivity index (χ0n) is 14.0. The molecular weight excluding hydrogens is 288 g/mol. The van der Waals surface area contributed by atoms with Crippen molar-refractivity contribution in [3.8, 4) is 5.75 Å². The van der Waals surface area contributed by atoms with E-state index in [1.54, 1.807) is 0 Å². The van der Waals surface area contributed by atoms with Gasteiger partial charge >= 0.3 is 0 Å². The van der Waals surface area contributed by atoms with E-state index >= 15 is 0 Å². The number of carbonyl (C=O) groups is 1. The van der Waals surface area contributed by atoms with E-state index in [0.717, 1.165) is 24.2 Å². The maximum Gasteiger partial charge on any atom is 0.262 e. The number of amides is 1. The Morgan fingerprint density at radius 1 is 1.09 bits per heavy atom. The maximum atomic E-state index is 12.0. The van der Waals surface area contributed by atoms with Gasteiger partial charge in [0, 0.05) is 12.2 Å². The third-order valence-corrected chi connectivity index (χ3v) is 3.41. The highest BCUT2D eigenvalue weighted by atomic mass is 16.5. The lowest BCUT2D eigenvalue weighted by Crippen LogP contribution is -2.20. The molecule has 0 atom stereocenters. The van der Waals surface area contributed by atoms with Gasteiger partial charge in [-0.15, -0.1) is 0 Å². The van der Waals surface area contributed by atoms with Crippen molar-refractivity contribution in [2.24, 2.45) is 0 Å².